The average Bonchev–Trinajstić information content (AvgIpc) is 2.49. The fraction of sp³-hybridized carbons (Fsp3) is 0.846. The quantitative estimate of drug-likeness (QED) is 0.748. The van der Waals surface area contributed by atoms with Crippen molar-refractivity contribution in [2.24, 2.45) is 0 Å². The zero-order chi connectivity index (χ0) is 13.5. The molecule has 0 bridgehead atoms. The lowest BCUT2D eigenvalue weighted by atomic mass is 10.1. The normalized spacial score (nSPS) is 22.6. The first-order chi connectivity index (χ1) is 8.60. The third-order valence-electron chi connectivity index (χ3n) is 3.32. The lowest BCUT2D eigenvalue weighted by Crippen LogP contribution is -2.47. The lowest BCUT2D eigenvalue weighted by Gasteiger charge is -2.29. The highest BCUT2D eigenvalue weighted by Gasteiger charge is 2.30. The molecule has 104 valence electrons. The van der Waals surface area contributed by atoms with E-state index in [4.69, 9.17) is 0 Å². The molecule has 0 aromatic heterocycles. The van der Waals surface area contributed by atoms with E-state index in [1.165, 1.54) is 0 Å². The highest BCUT2D eigenvalue weighted by atomic mass is 32.2. The van der Waals surface area contributed by atoms with Crippen LogP contribution < -0.4 is 5.32 Å². The minimum Gasteiger partial charge on any atom is -0.344 e. The van der Waals surface area contributed by atoms with E-state index in [9.17, 15) is 9.59 Å². The van der Waals surface area contributed by atoms with Crippen LogP contribution in [-0.2, 0) is 9.59 Å². The van der Waals surface area contributed by atoms with E-state index in [1.54, 1.807) is 0 Å². The van der Waals surface area contributed by atoms with E-state index in [1.807, 2.05) is 23.6 Å². The SMILES string of the molecule is CCSCCC(C)N1CCC(=O)NC(CC)C1=O. The Morgan fingerprint density at radius 3 is 2.78 bits per heavy atom. The van der Waals surface area contributed by atoms with Gasteiger partial charge in [-0.1, -0.05) is 13.8 Å². The van der Waals surface area contributed by atoms with Crippen molar-refractivity contribution in [3.05, 3.63) is 0 Å². The maximum Gasteiger partial charge on any atom is 0.245 e. The highest BCUT2D eigenvalue weighted by molar-refractivity contribution is 7.99. The zero-order valence-corrected chi connectivity index (χ0v) is 12.4. The summed E-state index contributed by atoms with van der Waals surface area (Å²) in [6.07, 6.45) is 2.08. The topological polar surface area (TPSA) is 49.4 Å². The van der Waals surface area contributed by atoms with E-state index in [-0.39, 0.29) is 23.9 Å². The number of hydrogen-bond donors (Lipinski definition) is 1. The van der Waals surface area contributed by atoms with Gasteiger partial charge < -0.3 is 10.2 Å². The van der Waals surface area contributed by atoms with Gasteiger partial charge in [0.15, 0.2) is 0 Å². The molecule has 1 N–H and O–H groups in total. The molecule has 5 heteroatoms. The number of carbonyl (C=O) groups excluding carboxylic acids is 2. The van der Waals surface area contributed by atoms with E-state index in [0.717, 1.165) is 17.9 Å². The molecule has 2 atom stereocenters. The Bertz CT molecular complexity index is 297. The number of thioether (sulfide) groups is 1. The van der Waals surface area contributed by atoms with Gasteiger partial charge in [0.2, 0.25) is 11.8 Å². The van der Waals surface area contributed by atoms with Crippen molar-refractivity contribution < 1.29 is 9.59 Å². The van der Waals surface area contributed by atoms with Crippen LogP contribution in [0.4, 0.5) is 0 Å². The summed E-state index contributed by atoms with van der Waals surface area (Å²) in [5, 5.41) is 2.80. The molecular weight excluding hydrogens is 248 g/mol. The van der Waals surface area contributed by atoms with Crippen LogP contribution in [-0.4, -0.2) is 46.8 Å². The van der Waals surface area contributed by atoms with Crippen molar-refractivity contribution in [2.75, 3.05) is 18.1 Å². The Morgan fingerprint density at radius 1 is 1.44 bits per heavy atom. The van der Waals surface area contributed by atoms with Crippen molar-refractivity contribution in [3.63, 3.8) is 0 Å². The molecule has 1 fully saturated rings. The second-order valence-electron chi connectivity index (χ2n) is 4.64. The minimum atomic E-state index is -0.332. The van der Waals surface area contributed by atoms with Crippen LogP contribution in [0.1, 0.15) is 40.0 Å². The van der Waals surface area contributed by atoms with Crippen molar-refractivity contribution in [1.29, 1.82) is 0 Å². The van der Waals surface area contributed by atoms with Gasteiger partial charge in [0.1, 0.15) is 6.04 Å². The molecule has 0 aromatic carbocycles. The van der Waals surface area contributed by atoms with Gasteiger partial charge in [0, 0.05) is 19.0 Å². The van der Waals surface area contributed by atoms with Crippen LogP contribution in [0.15, 0.2) is 0 Å². The van der Waals surface area contributed by atoms with Crippen molar-refractivity contribution in [3.8, 4) is 0 Å². The Balaban J connectivity index is 2.61. The summed E-state index contributed by atoms with van der Waals surface area (Å²) in [7, 11) is 0. The predicted molar refractivity (Wildman–Crippen MR) is 75.6 cm³/mol. The maximum absolute atomic E-state index is 12.3. The van der Waals surface area contributed by atoms with Crippen LogP contribution in [0, 0.1) is 0 Å². The van der Waals surface area contributed by atoms with Crippen LogP contribution in [0.2, 0.25) is 0 Å². The molecule has 18 heavy (non-hydrogen) atoms. The molecule has 2 unspecified atom stereocenters. The molecular formula is C13H24N2O2S. The molecule has 1 aliphatic rings. The zero-order valence-electron chi connectivity index (χ0n) is 11.6. The van der Waals surface area contributed by atoms with Gasteiger partial charge in [-0.05, 0) is 31.3 Å². The molecule has 2 amide bonds. The van der Waals surface area contributed by atoms with Crippen molar-refractivity contribution in [1.82, 2.24) is 10.2 Å². The number of carbonyl (C=O) groups is 2. The highest BCUT2D eigenvalue weighted by Crippen LogP contribution is 2.14. The largest absolute Gasteiger partial charge is 0.344 e. The van der Waals surface area contributed by atoms with E-state index < -0.39 is 0 Å². The fourth-order valence-electron chi connectivity index (χ4n) is 2.13. The van der Waals surface area contributed by atoms with Crippen LogP contribution in [0.3, 0.4) is 0 Å². The van der Waals surface area contributed by atoms with Gasteiger partial charge in [-0.3, -0.25) is 9.59 Å². The Hall–Kier alpha value is -0.710. The first-order valence-corrected chi connectivity index (χ1v) is 7.93. The Labute approximate surface area is 114 Å². The van der Waals surface area contributed by atoms with Gasteiger partial charge in [-0.15, -0.1) is 0 Å². The van der Waals surface area contributed by atoms with Crippen molar-refractivity contribution in [2.45, 2.75) is 52.1 Å². The summed E-state index contributed by atoms with van der Waals surface area (Å²) in [5.74, 6) is 2.25. The van der Waals surface area contributed by atoms with Crippen LogP contribution in [0.25, 0.3) is 0 Å². The maximum atomic E-state index is 12.3. The summed E-state index contributed by atoms with van der Waals surface area (Å²) < 4.78 is 0. The number of rotatable bonds is 6. The van der Waals surface area contributed by atoms with Gasteiger partial charge >= 0.3 is 0 Å². The summed E-state index contributed by atoms with van der Waals surface area (Å²) >= 11 is 1.89. The molecule has 0 aromatic rings. The second kappa shape index (κ2) is 7.67. The number of amides is 2. The minimum absolute atomic E-state index is 0.00664. The van der Waals surface area contributed by atoms with Crippen LogP contribution in [0.5, 0.6) is 0 Å². The van der Waals surface area contributed by atoms with E-state index in [0.29, 0.717) is 19.4 Å². The smallest absolute Gasteiger partial charge is 0.245 e. The molecule has 1 aliphatic heterocycles. The first-order valence-electron chi connectivity index (χ1n) is 6.77. The Morgan fingerprint density at radius 2 is 2.17 bits per heavy atom. The molecule has 4 nitrogen and oxygen atoms in total. The summed E-state index contributed by atoms with van der Waals surface area (Å²) in [6, 6.07) is -0.112. The molecule has 0 spiro atoms. The summed E-state index contributed by atoms with van der Waals surface area (Å²) in [6.45, 7) is 6.71. The van der Waals surface area contributed by atoms with Gasteiger partial charge in [0.05, 0.1) is 0 Å². The number of nitrogens with one attached hydrogen (secondary N) is 1. The molecule has 1 rings (SSSR count). The third-order valence-corrected chi connectivity index (χ3v) is 4.25. The number of nitrogens with zero attached hydrogens (tertiary/aromatic N) is 1. The monoisotopic (exact) mass is 272 g/mol. The Kier molecular flexibility index (Phi) is 6.54. The van der Waals surface area contributed by atoms with Gasteiger partial charge in [-0.2, -0.15) is 11.8 Å². The van der Waals surface area contributed by atoms with E-state index >= 15 is 0 Å². The molecule has 1 heterocycles. The van der Waals surface area contributed by atoms with Crippen molar-refractivity contribution >= 4 is 23.6 Å². The molecule has 0 radical (unpaired) electrons. The third kappa shape index (κ3) is 4.19. The molecule has 1 saturated heterocycles. The lowest BCUT2D eigenvalue weighted by molar-refractivity contribution is -0.135. The fourth-order valence-corrected chi connectivity index (χ4v) is 2.93. The molecule has 0 aliphatic carbocycles. The summed E-state index contributed by atoms with van der Waals surface area (Å²) in [5.41, 5.74) is 0. The first kappa shape index (κ1) is 15.3. The van der Waals surface area contributed by atoms with Gasteiger partial charge in [0.25, 0.3) is 0 Å². The summed E-state index contributed by atoms with van der Waals surface area (Å²) in [4.78, 5) is 25.7. The van der Waals surface area contributed by atoms with E-state index in [2.05, 4.69) is 19.2 Å². The van der Waals surface area contributed by atoms with Gasteiger partial charge in [-0.25, -0.2) is 0 Å². The number of hydrogen-bond acceptors (Lipinski definition) is 3. The predicted octanol–water partition coefficient (Wildman–Crippen LogP) is 1.65. The van der Waals surface area contributed by atoms with Crippen LogP contribution >= 0.6 is 11.8 Å². The second-order valence-corrected chi connectivity index (χ2v) is 6.04. The standard InChI is InChI=1S/C13H24N2O2S/c1-4-11-13(17)15(8-6-12(16)14-11)10(3)7-9-18-5-2/h10-11H,4-9H2,1-3H3,(H,14,16). The average molecular weight is 272 g/mol. The molecule has 0 saturated carbocycles.